The van der Waals surface area contributed by atoms with Gasteiger partial charge in [0.25, 0.3) is 0 Å². The number of sulfone groups is 1. The Morgan fingerprint density at radius 3 is 2.15 bits per heavy atom. The molecule has 0 fully saturated rings. The SMILES string of the molecule is COc1cc(-c2cc(NCc3ccc(S(C)(=O)=O)cc3)nc(Nc3nc(C)c(C(=O)O)s3)n2)cc(OC)c1OC. The lowest BCUT2D eigenvalue weighted by Gasteiger charge is -2.15. The molecule has 0 unspecified atom stereocenters. The first-order valence-corrected chi connectivity index (χ1v) is 14.4. The van der Waals surface area contributed by atoms with Crippen molar-refractivity contribution in [1.82, 2.24) is 15.0 Å². The van der Waals surface area contributed by atoms with Crippen LogP contribution in [0.3, 0.4) is 0 Å². The highest BCUT2D eigenvalue weighted by atomic mass is 32.2. The average Bonchev–Trinajstić information content (AvgIpc) is 3.30. The van der Waals surface area contributed by atoms with Crippen molar-refractivity contribution < 1.29 is 32.5 Å². The fourth-order valence-corrected chi connectivity index (χ4v) is 5.19. The molecular formula is C26H27N5O7S2. The van der Waals surface area contributed by atoms with Crippen molar-refractivity contribution >= 4 is 44.0 Å². The van der Waals surface area contributed by atoms with Crippen LogP contribution in [0, 0.1) is 6.92 Å². The van der Waals surface area contributed by atoms with Gasteiger partial charge in [-0.3, -0.25) is 5.32 Å². The second-order valence-corrected chi connectivity index (χ2v) is 11.5. The summed E-state index contributed by atoms with van der Waals surface area (Å²) in [4.78, 5) is 25.3. The Morgan fingerprint density at radius 1 is 0.975 bits per heavy atom. The van der Waals surface area contributed by atoms with Crippen molar-refractivity contribution in [1.29, 1.82) is 0 Å². The Kier molecular flexibility index (Phi) is 8.40. The molecule has 0 saturated carbocycles. The number of anilines is 3. The number of hydrogen-bond acceptors (Lipinski definition) is 12. The van der Waals surface area contributed by atoms with Gasteiger partial charge in [-0.2, -0.15) is 4.98 Å². The van der Waals surface area contributed by atoms with E-state index in [-0.39, 0.29) is 15.7 Å². The average molecular weight is 586 g/mol. The summed E-state index contributed by atoms with van der Waals surface area (Å²) in [6.45, 7) is 1.95. The van der Waals surface area contributed by atoms with Gasteiger partial charge in [0.2, 0.25) is 11.7 Å². The van der Waals surface area contributed by atoms with Gasteiger partial charge in [-0.25, -0.2) is 23.2 Å². The zero-order chi connectivity index (χ0) is 29.0. The minimum atomic E-state index is -3.30. The molecular weight excluding hydrogens is 558 g/mol. The van der Waals surface area contributed by atoms with Crippen molar-refractivity contribution in [2.24, 2.45) is 0 Å². The summed E-state index contributed by atoms with van der Waals surface area (Å²) in [7, 11) is 1.24. The van der Waals surface area contributed by atoms with Crippen molar-refractivity contribution in [3.63, 3.8) is 0 Å². The molecule has 0 bridgehead atoms. The Labute approximate surface area is 234 Å². The molecule has 3 N–H and O–H groups in total. The van der Waals surface area contributed by atoms with Crippen molar-refractivity contribution in [2.75, 3.05) is 38.2 Å². The number of nitrogens with one attached hydrogen (secondary N) is 2. The molecule has 4 aromatic rings. The summed E-state index contributed by atoms with van der Waals surface area (Å²) in [6, 6.07) is 11.8. The number of thiazole rings is 1. The molecule has 0 aliphatic heterocycles. The van der Waals surface area contributed by atoms with Crippen LogP contribution in [0.15, 0.2) is 47.4 Å². The smallest absolute Gasteiger partial charge is 0.347 e. The Morgan fingerprint density at radius 2 is 1.62 bits per heavy atom. The molecule has 0 radical (unpaired) electrons. The molecule has 0 atom stereocenters. The van der Waals surface area contributed by atoms with E-state index < -0.39 is 15.8 Å². The Hall–Kier alpha value is -4.43. The van der Waals surface area contributed by atoms with Gasteiger partial charge < -0.3 is 24.6 Å². The van der Waals surface area contributed by atoms with Gasteiger partial charge in [0, 0.05) is 24.4 Å². The Bertz CT molecular complexity index is 1630. The quantitative estimate of drug-likeness (QED) is 0.228. The monoisotopic (exact) mass is 585 g/mol. The summed E-state index contributed by atoms with van der Waals surface area (Å²) >= 11 is 0.973. The maximum Gasteiger partial charge on any atom is 0.347 e. The third kappa shape index (κ3) is 6.40. The topological polar surface area (TPSA) is 162 Å². The number of carboxylic acids is 1. The van der Waals surface area contributed by atoms with E-state index >= 15 is 0 Å². The van der Waals surface area contributed by atoms with Crippen molar-refractivity contribution in [3.05, 3.63) is 58.6 Å². The second kappa shape index (κ2) is 11.8. The summed E-state index contributed by atoms with van der Waals surface area (Å²) in [6.07, 6.45) is 1.16. The predicted octanol–water partition coefficient (Wildman–Crippen LogP) is 4.39. The third-order valence-electron chi connectivity index (χ3n) is 5.72. The molecule has 4 rings (SSSR count). The standard InChI is InChI=1S/C26H27N5O7S2/c1-14-23(24(32)33)39-26(28-14)31-25-29-18(16-10-19(36-2)22(38-4)20(11-16)37-3)12-21(30-25)27-13-15-6-8-17(9-7-15)40(5,34)35/h6-12H,13H2,1-5H3,(H,32,33)(H2,27,28,29,30,31). The number of aromatic carboxylic acids is 1. The molecule has 0 saturated heterocycles. The molecule has 2 aromatic carbocycles. The van der Waals surface area contributed by atoms with Gasteiger partial charge >= 0.3 is 5.97 Å². The highest BCUT2D eigenvalue weighted by Gasteiger charge is 2.18. The molecule has 0 amide bonds. The van der Waals surface area contributed by atoms with Crippen LogP contribution >= 0.6 is 11.3 Å². The predicted molar refractivity (Wildman–Crippen MR) is 151 cm³/mol. The fourth-order valence-electron chi connectivity index (χ4n) is 3.76. The van der Waals surface area contributed by atoms with Crippen LogP contribution in [-0.4, -0.2) is 62.0 Å². The molecule has 2 aromatic heterocycles. The lowest BCUT2D eigenvalue weighted by Crippen LogP contribution is -2.06. The number of hydrogen-bond donors (Lipinski definition) is 3. The summed E-state index contributed by atoms with van der Waals surface area (Å²) in [5.74, 6) is 0.849. The largest absolute Gasteiger partial charge is 0.493 e. The summed E-state index contributed by atoms with van der Waals surface area (Å²) in [5, 5.41) is 15.9. The molecule has 14 heteroatoms. The number of methoxy groups -OCH3 is 3. The molecule has 0 aliphatic rings. The van der Waals surface area contributed by atoms with E-state index in [9.17, 15) is 18.3 Å². The molecule has 2 heterocycles. The van der Waals surface area contributed by atoms with Crippen LogP contribution < -0.4 is 24.8 Å². The normalized spacial score (nSPS) is 11.1. The van der Waals surface area contributed by atoms with Gasteiger partial charge in [0.1, 0.15) is 10.7 Å². The first kappa shape index (κ1) is 28.6. The minimum Gasteiger partial charge on any atom is -0.493 e. The first-order valence-electron chi connectivity index (χ1n) is 11.7. The maximum absolute atomic E-state index is 11.8. The summed E-state index contributed by atoms with van der Waals surface area (Å²) in [5.41, 5.74) is 2.34. The minimum absolute atomic E-state index is 0.110. The second-order valence-electron chi connectivity index (χ2n) is 8.51. The van der Waals surface area contributed by atoms with Crippen LogP contribution in [0.25, 0.3) is 11.3 Å². The molecule has 40 heavy (non-hydrogen) atoms. The highest BCUT2D eigenvalue weighted by Crippen LogP contribution is 2.41. The van der Waals surface area contributed by atoms with E-state index in [0.717, 1.165) is 23.2 Å². The van der Waals surface area contributed by atoms with Crippen LogP contribution in [-0.2, 0) is 16.4 Å². The zero-order valence-electron chi connectivity index (χ0n) is 22.3. The number of carboxylic acid groups (broad SMARTS) is 1. The maximum atomic E-state index is 11.8. The van der Waals surface area contributed by atoms with E-state index in [2.05, 4.69) is 25.6 Å². The number of nitrogens with zero attached hydrogens (tertiary/aromatic N) is 3. The highest BCUT2D eigenvalue weighted by molar-refractivity contribution is 7.90. The molecule has 210 valence electrons. The number of aromatic nitrogens is 3. The van der Waals surface area contributed by atoms with E-state index in [1.165, 1.54) is 21.3 Å². The lowest BCUT2D eigenvalue weighted by atomic mass is 10.1. The van der Waals surface area contributed by atoms with Crippen LogP contribution in [0.2, 0.25) is 0 Å². The lowest BCUT2D eigenvalue weighted by molar-refractivity contribution is 0.0701. The van der Waals surface area contributed by atoms with E-state index in [1.54, 1.807) is 49.4 Å². The van der Waals surface area contributed by atoms with Gasteiger partial charge in [0.15, 0.2) is 26.5 Å². The van der Waals surface area contributed by atoms with Crippen molar-refractivity contribution in [3.8, 4) is 28.5 Å². The molecule has 12 nitrogen and oxygen atoms in total. The van der Waals surface area contributed by atoms with Gasteiger partial charge in [0.05, 0.1) is 37.6 Å². The number of aryl methyl sites for hydroxylation is 1. The molecule has 0 spiro atoms. The number of ether oxygens (including phenoxy) is 3. The van der Waals surface area contributed by atoms with E-state index in [4.69, 9.17) is 14.2 Å². The fraction of sp³-hybridized carbons (Fsp3) is 0.231. The van der Waals surface area contributed by atoms with Gasteiger partial charge in [-0.15, -0.1) is 0 Å². The number of benzene rings is 2. The number of carbonyl (C=O) groups is 1. The zero-order valence-corrected chi connectivity index (χ0v) is 23.9. The van der Waals surface area contributed by atoms with Crippen molar-refractivity contribution in [2.45, 2.75) is 18.4 Å². The van der Waals surface area contributed by atoms with Crippen LogP contribution in [0.4, 0.5) is 16.9 Å². The number of rotatable bonds is 11. The van der Waals surface area contributed by atoms with Crippen LogP contribution in [0.5, 0.6) is 17.2 Å². The molecule has 0 aliphatic carbocycles. The summed E-state index contributed by atoms with van der Waals surface area (Å²) < 4.78 is 39.9. The van der Waals surface area contributed by atoms with E-state index in [0.29, 0.717) is 51.7 Å². The van der Waals surface area contributed by atoms with Gasteiger partial charge in [-0.05, 0) is 36.8 Å². The first-order chi connectivity index (χ1) is 19.0. The van der Waals surface area contributed by atoms with Gasteiger partial charge in [-0.1, -0.05) is 23.5 Å². The van der Waals surface area contributed by atoms with Crippen LogP contribution in [0.1, 0.15) is 20.9 Å². The Balaban J connectivity index is 1.72. The van der Waals surface area contributed by atoms with E-state index in [1.807, 2.05) is 0 Å². The third-order valence-corrected chi connectivity index (χ3v) is 7.91.